The van der Waals surface area contributed by atoms with Gasteiger partial charge in [-0.2, -0.15) is 5.10 Å². The van der Waals surface area contributed by atoms with Crippen LogP contribution in [-0.2, 0) is 19.5 Å². The minimum atomic E-state index is 0.0861. The van der Waals surface area contributed by atoms with Crippen LogP contribution in [0.25, 0.3) is 0 Å². The zero-order chi connectivity index (χ0) is 20.3. The van der Waals surface area contributed by atoms with E-state index in [-0.39, 0.29) is 5.91 Å². The normalized spacial score (nSPS) is 16.3. The van der Waals surface area contributed by atoms with Crippen molar-refractivity contribution in [3.8, 4) is 5.75 Å². The van der Waals surface area contributed by atoms with E-state index in [2.05, 4.69) is 35.4 Å². The molecule has 0 aliphatic carbocycles. The minimum Gasteiger partial charge on any atom is -0.493 e. The molecule has 1 amide bonds. The molecule has 0 saturated carbocycles. The van der Waals surface area contributed by atoms with Crippen LogP contribution in [0.5, 0.6) is 5.75 Å². The highest BCUT2D eigenvalue weighted by molar-refractivity contribution is 5.93. The molecule has 30 heavy (non-hydrogen) atoms. The maximum absolute atomic E-state index is 12.9. The van der Waals surface area contributed by atoms with E-state index in [1.807, 2.05) is 34.0 Å². The molecule has 0 atom stereocenters. The van der Waals surface area contributed by atoms with Gasteiger partial charge in [-0.3, -0.25) is 9.48 Å². The van der Waals surface area contributed by atoms with Crippen LogP contribution < -0.4 is 9.64 Å². The molecule has 6 heteroatoms. The molecule has 0 radical (unpaired) electrons. The monoisotopic (exact) mass is 403 g/mol. The molecule has 2 aliphatic heterocycles. The quantitative estimate of drug-likeness (QED) is 0.701. The second-order valence-corrected chi connectivity index (χ2v) is 8.17. The Morgan fingerprint density at radius 3 is 2.73 bits per heavy atom. The topological polar surface area (TPSA) is 51.8 Å². The molecule has 5 rings (SSSR count). The number of carbonyl (C=O) groups excluding carboxylic acids is 1. The fourth-order valence-corrected chi connectivity index (χ4v) is 4.35. The maximum atomic E-state index is 12.9. The van der Waals surface area contributed by atoms with Crippen molar-refractivity contribution in [2.24, 2.45) is 0 Å². The Morgan fingerprint density at radius 1 is 1.07 bits per heavy atom. The van der Waals surface area contributed by atoms with E-state index in [1.54, 1.807) is 6.20 Å². The number of piperazine rings is 1. The Bertz CT molecular complexity index is 1020. The second kappa shape index (κ2) is 8.32. The summed E-state index contributed by atoms with van der Waals surface area (Å²) in [5.41, 5.74) is 4.53. The van der Waals surface area contributed by atoms with Gasteiger partial charge in [0.15, 0.2) is 0 Å². The summed E-state index contributed by atoms with van der Waals surface area (Å²) in [6.07, 6.45) is 4.57. The van der Waals surface area contributed by atoms with Crippen LogP contribution in [0.3, 0.4) is 0 Å². The van der Waals surface area contributed by atoms with Crippen molar-refractivity contribution in [1.82, 2.24) is 14.7 Å². The predicted molar refractivity (Wildman–Crippen MR) is 114 cm³/mol. The molecule has 1 saturated heterocycles. The Kier molecular flexibility index (Phi) is 5.24. The summed E-state index contributed by atoms with van der Waals surface area (Å²) in [5.74, 6) is 1.13. The second-order valence-electron chi connectivity index (χ2n) is 8.17. The predicted octanol–water partition coefficient (Wildman–Crippen LogP) is 1.41. The number of fused-ring (bicyclic) bond motifs is 1. The third-order valence-corrected chi connectivity index (χ3v) is 6.03. The Hall–Kier alpha value is -3.12. The van der Waals surface area contributed by atoms with Crippen LogP contribution >= 0.6 is 0 Å². The van der Waals surface area contributed by atoms with E-state index in [0.29, 0.717) is 12.1 Å². The number of carbonyl (C=O) groups is 1. The van der Waals surface area contributed by atoms with Crippen LogP contribution in [0.15, 0.2) is 60.9 Å². The first-order valence-corrected chi connectivity index (χ1v) is 10.7. The Labute approximate surface area is 176 Å². The lowest BCUT2D eigenvalue weighted by molar-refractivity contribution is -0.917. The smallest absolute Gasteiger partial charge is 0.257 e. The highest BCUT2D eigenvalue weighted by atomic mass is 16.5. The number of nitrogens with one attached hydrogen (secondary N) is 1. The zero-order valence-electron chi connectivity index (χ0n) is 17.1. The first-order chi connectivity index (χ1) is 14.7. The number of benzene rings is 2. The first-order valence-electron chi connectivity index (χ1n) is 10.7. The standard InChI is InChI=1S/C24H26N4O2/c29-24(22-15-25-28(18-22)17-19-4-2-1-3-5-19)27-11-9-26(10-12-27)16-20-6-7-23-21(14-20)8-13-30-23/h1-7,14-15,18H,8-13,16-17H2/p+1. The molecule has 0 bridgehead atoms. The average Bonchev–Trinajstić information content (AvgIpc) is 3.44. The summed E-state index contributed by atoms with van der Waals surface area (Å²) in [7, 11) is 0. The van der Waals surface area contributed by atoms with E-state index in [9.17, 15) is 4.79 Å². The number of hydrogen-bond donors (Lipinski definition) is 1. The van der Waals surface area contributed by atoms with Gasteiger partial charge < -0.3 is 14.5 Å². The van der Waals surface area contributed by atoms with Crippen molar-refractivity contribution in [2.75, 3.05) is 32.8 Å². The molecule has 1 fully saturated rings. The number of ether oxygens (including phenoxy) is 1. The van der Waals surface area contributed by atoms with E-state index < -0.39 is 0 Å². The summed E-state index contributed by atoms with van der Waals surface area (Å²) < 4.78 is 7.44. The van der Waals surface area contributed by atoms with Crippen LogP contribution in [0.1, 0.15) is 27.0 Å². The van der Waals surface area contributed by atoms with Crippen molar-refractivity contribution < 1.29 is 14.4 Å². The largest absolute Gasteiger partial charge is 0.493 e. The van der Waals surface area contributed by atoms with Crippen molar-refractivity contribution in [3.63, 3.8) is 0 Å². The van der Waals surface area contributed by atoms with Crippen LogP contribution in [0.4, 0.5) is 0 Å². The van der Waals surface area contributed by atoms with Crippen molar-refractivity contribution in [1.29, 1.82) is 0 Å². The average molecular weight is 404 g/mol. The van der Waals surface area contributed by atoms with Crippen molar-refractivity contribution >= 4 is 5.91 Å². The number of quaternary nitrogens is 1. The van der Waals surface area contributed by atoms with E-state index >= 15 is 0 Å². The summed E-state index contributed by atoms with van der Waals surface area (Å²) in [4.78, 5) is 16.4. The molecule has 2 aliphatic rings. The van der Waals surface area contributed by atoms with Crippen LogP contribution in [0, 0.1) is 0 Å². The van der Waals surface area contributed by atoms with E-state index in [1.165, 1.54) is 21.6 Å². The lowest BCUT2D eigenvalue weighted by Gasteiger charge is -2.32. The molecule has 0 unspecified atom stereocenters. The highest BCUT2D eigenvalue weighted by Gasteiger charge is 2.26. The fourth-order valence-electron chi connectivity index (χ4n) is 4.35. The maximum Gasteiger partial charge on any atom is 0.257 e. The number of rotatable bonds is 5. The lowest BCUT2D eigenvalue weighted by Crippen LogP contribution is -3.13. The van der Waals surface area contributed by atoms with Gasteiger partial charge in [0.05, 0.1) is 51.1 Å². The molecular formula is C24H27N4O2+. The summed E-state index contributed by atoms with van der Waals surface area (Å²) in [5, 5.41) is 4.38. The number of nitrogens with zero attached hydrogens (tertiary/aromatic N) is 3. The van der Waals surface area contributed by atoms with Gasteiger partial charge in [0.1, 0.15) is 12.3 Å². The Morgan fingerprint density at radius 2 is 1.90 bits per heavy atom. The molecule has 0 spiro atoms. The summed E-state index contributed by atoms with van der Waals surface area (Å²) >= 11 is 0. The third kappa shape index (κ3) is 4.09. The molecule has 1 N–H and O–H groups in total. The van der Waals surface area contributed by atoms with Gasteiger partial charge in [-0.15, -0.1) is 0 Å². The highest BCUT2D eigenvalue weighted by Crippen LogP contribution is 2.25. The van der Waals surface area contributed by atoms with E-state index in [4.69, 9.17) is 4.74 Å². The molecule has 3 aromatic rings. The van der Waals surface area contributed by atoms with Gasteiger partial charge >= 0.3 is 0 Å². The van der Waals surface area contributed by atoms with Gasteiger partial charge in [-0.05, 0) is 29.3 Å². The van der Waals surface area contributed by atoms with Gasteiger partial charge in [-0.25, -0.2) is 0 Å². The molecule has 3 heterocycles. The SMILES string of the molecule is O=C(c1cnn(Cc2ccccc2)c1)N1CC[NH+](Cc2ccc3c(c2)CCO3)CC1. The molecule has 154 valence electrons. The molecule has 1 aromatic heterocycles. The molecule has 2 aromatic carbocycles. The van der Waals surface area contributed by atoms with Gasteiger partial charge in [-0.1, -0.05) is 30.3 Å². The van der Waals surface area contributed by atoms with E-state index in [0.717, 1.165) is 51.5 Å². The first kappa shape index (κ1) is 18.9. The molecule has 6 nitrogen and oxygen atoms in total. The zero-order valence-corrected chi connectivity index (χ0v) is 17.1. The number of hydrogen-bond acceptors (Lipinski definition) is 3. The molecular weight excluding hydrogens is 376 g/mol. The van der Waals surface area contributed by atoms with Crippen molar-refractivity contribution in [3.05, 3.63) is 83.2 Å². The van der Waals surface area contributed by atoms with Gasteiger partial charge in [0.25, 0.3) is 5.91 Å². The van der Waals surface area contributed by atoms with Gasteiger partial charge in [0.2, 0.25) is 0 Å². The van der Waals surface area contributed by atoms with Crippen LogP contribution in [0.2, 0.25) is 0 Å². The summed E-state index contributed by atoms with van der Waals surface area (Å²) in [6.45, 7) is 5.99. The summed E-state index contributed by atoms with van der Waals surface area (Å²) in [6, 6.07) is 16.7. The lowest BCUT2D eigenvalue weighted by atomic mass is 10.1. The number of aromatic nitrogens is 2. The minimum absolute atomic E-state index is 0.0861. The third-order valence-electron chi connectivity index (χ3n) is 6.03. The van der Waals surface area contributed by atoms with Gasteiger partial charge in [0, 0.05) is 18.2 Å². The Balaban J connectivity index is 1.15. The van der Waals surface area contributed by atoms with Crippen molar-refractivity contribution in [2.45, 2.75) is 19.5 Å². The fraction of sp³-hybridized carbons (Fsp3) is 0.333. The number of amides is 1. The van der Waals surface area contributed by atoms with Crippen LogP contribution in [-0.4, -0.2) is 53.4 Å².